The van der Waals surface area contributed by atoms with Crippen LogP contribution in [0.25, 0.3) is 82.8 Å². The molecule has 0 aliphatic rings. The van der Waals surface area contributed by atoms with Gasteiger partial charge in [0.2, 0.25) is 0 Å². The Bertz CT molecular complexity index is 3330. The van der Waals surface area contributed by atoms with Gasteiger partial charge in [-0.2, -0.15) is 0 Å². The Morgan fingerprint density at radius 3 is 1.49 bits per heavy atom. The number of para-hydroxylation sites is 2. The molecule has 0 saturated carbocycles. The van der Waals surface area contributed by atoms with Gasteiger partial charge in [-0.05, 0) is 63.4 Å². The van der Waals surface area contributed by atoms with Gasteiger partial charge in [0.15, 0.2) is 0 Å². The van der Waals surface area contributed by atoms with E-state index in [1.165, 1.54) is 82.8 Å². The summed E-state index contributed by atoms with van der Waals surface area (Å²) < 4.78 is 3.51. The van der Waals surface area contributed by atoms with Crippen molar-refractivity contribution in [1.29, 1.82) is 0 Å². The second-order valence-corrected chi connectivity index (χ2v) is 16.4. The summed E-state index contributed by atoms with van der Waals surface area (Å²) >= 11 is 3.26. The van der Waals surface area contributed by atoms with Crippen LogP contribution in [0.5, 0.6) is 0 Å². The molecule has 0 N–H and O–H groups in total. The Balaban J connectivity index is 0.975. The van der Waals surface area contributed by atoms with Crippen molar-refractivity contribution in [1.82, 2.24) is 4.57 Å². The maximum absolute atomic E-state index is 3.26. The summed E-state index contributed by atoms with van der Waals surface area (Å²) in [5, 5.41) is 5.00. The van der Waals surface area contributed by atoms with Crippen molar-refractivity contribution in [3.63, 3.8) is 0 Å². The van der Waals surface area contributed by atoms with Gasteiger partial charge >= 0.3 is 186 Å². The third-order valence-electron chi connectivity index (χ3n) is 11.9. The van der Waals surface area contributed by atoms with Gasteiger partial charge in [-0.15, -0.1) is 0 Å². The summed E-state index contributed by atoms with van der Waals surface area (Å²) in [4.78, 5) is 2.36. The molecule has 3 heteroatoms. The molecule has 0 fully saturated rings. The van der Waals surface area contributed by atoms with Crippen LogP contribution in [-0.2, 0) is 0 Å². The predicted molar refractivity (Wildman–Crippen MR) is 260 cm³/mol. The van der Waals surface area contributed by atoms with Crippen LogP contribution in [-0.4, -0.2) is 20.6 Å². The zero-order chi connectivity index (χ0) is 40.7. The summed E-state index contributed by atoms with van der Waals surface area (Å²) in [6, 6.07) is 85.6. The average Bonchev–Trinajstić information content (AvgIpc) is 3.67. The van der Waals surface area contributed by atoms with E-state index >= 15 is 0 Å². The van der Waals surface area contributed by atoms with E-state index in [0.29, 0.717) is 0 Å². The Hall–Kier alpha value is -7.42. The van der Waals surface area contributed by atoms with Crippen LogP contribution in [0, 0.1) is 0 Å². The topological polar surface area (TPSA) is 8.17 Å². The van der Waals surface area contributed by atoms with Crippen LogP contribution in [0.3, 0.4) is 0 Å². The minimum atomic E-state index is 1.09. The van der Waals surface area contributed by atoms with Crippen molar-refractivity contribution in [3.05, 3.63) is 237 Å². The number of fused-ring (bicyclic) bond motifs is 4. The SMILES string of the molecule is [Se]c1ccc(-c2ccc(N(c3ccc(-c4ccc5c(c4)c4ccccc4n5-c4ccccc4)cc3)c3ccc(-c4cccc5ccccc45)cc3)cc2)cc1-c1ccccc1. The first-order chi connectivity index (χ1) is 30.2. The van der Waals surface area contributed by atoms with Crippen molar-refractivity contribution in [2.45, 2.75) is 0 Å². The zero-order valence-corrected chi connectivity index (χ0v) is 35.0. The van der Waals surface area contributed by atoms with Crippen LogP contribution < -0.4 is 9.36 Å². The molecule has 61 heavy (non-hydrogen) atoms. The maximum atomic E-state index is 3.26. The van der Waals surface area contributed by atoms with Crippen molar-refractivity contribution < 1.29 is 0 Å². The van der Waals surface area contributed by atoms with Crippen LogP contribution in [0.15, 0.2) is 237 Å². The van der Waals surface area contributed by atoms with Crippen molar-refractivity contribution >= 4 is 70.1 Å². The van der Waals surface area contributed by atoms with E-state index < -0.39 is 0 Å². The third-order valence-corrected chi connectivity index (χ3v) is 12.6. The van der Waals surface area contributed by atoms with E-state index in [-0.39, 0.29) is 0 Å². The fraction of sp³-hybridized carbons (Fsp3) is 0. The van der Waals surface area contributed by atoms with Gasteiger partial charge < -0.3 is 4.57 Å². The first-order valence-electron chi connectivity index (χ1n) is 20.7. The summed E-state index contributed by atoms with van der Waals surface area (Å²) in [7, 11) is 0. The van der Waals surface area contributed by atoms with Crippen molar-refractivity contribution in [3.8, 4) is 50.2 Å². The molecule has 1 aromatic heterocycles. The molecular weight excluding hydrogens is 804 g/mol. The molecule has 10 aromatic carbocycles. The van der Waals surface area contributed by atoms with Gasteiger partial charge in [0.05, 0.1) is 11.0 Å². The van der Waals surface area contributed by atoms with Crippen molar-refractivity contribution in [2.75, 3.05) is 4.90 Å². The molecule has 0 saturated heterocycles. The number of hydrogen-bond acceptors (Lipinski definition) is 1. The molecule has 0 atom stereocenters. The number of aromatic nitrogens is 1. The first-order valence-corrected chi connectivity index (χ1v) is 21.6. The summed E-state index contributed by atoms with van der Waals surface area (Å²) in [6.45, 7) is 0. The Morgan fingerprint density at radius 1 is 0.311 bits per heavy atom. The molecule has 0 aliphatic carbocycles. The quantitative estimate of drug-likeness (QED) is 0.138. The van der Waals surface area contributed by atoms with E-state index in [0.717, 1.165) is 21.5 Å². The molecule has 2 nitrogen and oxygen atoms in total. The van der Waals surface area contributed by atoms with Crippen LogP contribution in [0.1, 0.15) is 0 Å². The summed E-state index contributed by atoms with van der Waals surface area (Å²) in [6.07, 6.45) is 0. The van der Waals surface area contributed by atoms with Crippen LogP contribution >= 0.6 is 0 Å². The van der Waals surface area contributed by atoms with Gasteiger partial charge in [0.1, 0.15) is 0 Å². The van der Waals surface area contributed by atoms with E-state index in [9.17, 15) is 0 Å². The van der Waals surface area contributed by atoms with Crippen molar-refractivity contribution in [2.24, 2.45) is 0 Å². The van der Waals surface area contributed by atoms with E-state index in [4.69, 9.17) is 0 Å². The molecule has 0 amide bonds. The fourth-order valence-corrected chi connectivity index (χ4v) is 9.39. The van der Waals surface area contributed by atoms with Gasteiger partial charge in [0.25, 0.3) is 0 Å². The zero-order valence-electron chi connectivity index (χ0n) is 33.3. The summed E-state index contributed by atoms with van der Waals surface area (Å²) in [5.74, 6) is 0. The number of rotatable bonds is 8. The Labute approximate surface area is 364 Å². The number of anilines is 3. The fourth-order valence-electron chi connectivity index (χ4n) is 8.88. The molecule has 1 radical (unpaired) electrons. The molecule has 0 spiro atoms. The Kier molecular flexibility index (Phi) is 9.39. The summed E-state index contributed by atoms with van der Waals surface area (Å²) in [5.41, 5.74) is 16.4. The van der Waals surface area contributed by atoms with Gasteiger partial charge in [-0.1, -0.05) is 84.9 Å². The first kappa shape index (κ1) is 36.6. The number of nitrogens with zero attached hydrogens (tertiary/aromatic N) is 2. The molecule has 0 bridgehead atoms. The standard InChI is InChI=1S/C58H39N2Se/c61-58-37-29-46(38-54(58)43-12-3-1-4-13-43)41-24-32-49(33-25-41)59(50-34-26-44(27-35-50)52-20-11-15-42-14-7-8-18-51(42)52)48-30-22-40(23-31-48)45-28-36-57-55(39-45)53-19-9-10-21-56(53)60(57)47-16-5-2-6-17-47/h1-39H. The Morgan fingerprint density at radius 2 is 0.803 bits per heavy atom. The second-order valence-electron chi connectivity index (χ2n) is 15.5. The van der Waals surface area contributed by atoms with E-state index in [1.807, 2.05) is 0 Å². The van der Waals surface area contributed by atoms with Gasteiger partial charge in [-0.25, -0.2) is 0 Å². The van der Waals surface area contributed by atoms with E-state index in [1.54, 1.807) is 0 Å². The molecule has 1 heterocycles. The second kappa shape index (κ2) is 15.6. The molecular formula is C58H39N2Se. The normalized spacial score (nSPS) is 11.3. The monoisotopic (exact) mass is 843 g/mol. The third kappa shape index (κ3) is 6.81. The minimum absolute atomic E-state index is 1.09. The predicted octanol–water partition coefficient (Wildman–Crippen LogP) is 14.9. The average molecular weight is 843 g/mol. The molecule has 11 rings (SSSR count). The van der Waals surface area contributed by atoms with Crippen LogP contribution in [0.2, 0.25) is 0 Å². The van der Waals surface area contributed by atoms with Gasteiger partial charge in [-0.3, -0.25) is 0 Å². The molecule has 287 valence electrons. The molecule has 11 aromatic rings. The van der Waals surface area contributed by atoms with Crippen LogP contribution in [0.4, 0.5) is 17.1 Å². The van der Waals surface area contributed by atoms with Gasteiger partial charge in [0, 0.05) is 16.5 Å². The van der Waals surface area contributed by atoms with E-state index in [2.05, 4.69) is 262 Å². The number of hydrogen-bond donors (Lipinski definition) is 0. The molecule has 0 aliphatic heterocycles. The molecule has 0 unspecified atom stereocenters. The number of benzene rings is 10.